The topological polar surface area (TPSA) is 92.5 Å². The van der Waals surface area contributed by atoms with Crippen LogP contribution in [0.2, 0.25) is 0 Å². The van der Waals surface area contributed by atoms with Gasteiger partial charge in [0.25, 0.3) is 0 Å². The first kappa shape index (κ1) is 16.9. The van der Waals surface area contributed by atoms with E-state index in [1.165, 1.54) is 0 Å². The number of carbonyl (C=O) groups excluding carboxylic acids is 1. The summed E-state index contributed by atoms with van der Waals surface area (Å²) in [4.78, 5) is 13.9. The van der Waals surface area contributed by atoms with Gasteiger partial charge >= 0.3 is 0 Å². The number of hydrogen-bond donors (Lipinski definition) is 2. The minimum atomic E-state index is -2.85. The van der Waals surface area contributed by atoms with Crippen molar-refractivity contribution >= 4 is 15.7 Å². The van der Waals surface area contributed by atoms with E-state index >= 15 is 0 Å². The van der Waals surface area contributed by atoms with Crippen LogP contribution < -0.4 is 11.1 Å². The molecule has 7 heteroatoms. The molecule has 1 atom stereocenters. The first-order chi connectivity index (χ1) is 10.5. The second kappa shape index (κ2) is 7.71. The molecule has 0 aromatic heterocycles. The molecule has 1 heterocycles. The average molecular weight is 325 g/mol. The smallest absolute Gasteiger partial charge is 0.221 e. The van der Waals surface area contributed by atoms with E-state index < -0.39 is 9.84 Å². The highest BCUT2D eigenvalue weighted by Gasteiger charge is 2.21. The molecule has 3 N–H and O–H groups in total. The van der Waals surface area contributed by atoms with Gasteiger partial charge in [0.1, 0.15) is 0 Å². The zero-order chi connectivity index (χ0) is 16.0. The fourth-order valence-electron chi connectivity index (χ4n) is 2.42. The number of sulfone groups is 1. The minimum absolute atomic E-state index is 0.0824. The van der Waals surface area contributed by atoms with E-state index in [4.69, 9.17) is 5.73 Å². The number of amides is 1. The maximum absolute atomic E-state index is 11.9. The number of nitrogens with one attached hydrogen (secondary N) is 1. The SMILES string of the molecule is NC(CC(=O)NCCN1CCS(=O)(=O)CC1)c1ccccc1. The van der Waals surface area contributed by atoms with E-state index in [1.807, 2.05) is 30.3 Å². The lowest BCUT2D eigenvalue weighted by Crippen LogP contribution is -2.44. The molecule has 0 radical (unpaired) electrons. The summed E-state index contributed by atoms with van der Waals surface area (Å²) in [6, 6.07) is 9.23. The maximum Gasteiger partial charge on any atom is 0.221 e. The number of nitrogens with zero attached hydrogens (tertiary/aromatic N) is 1. The molecular weight excluding hydrogens is 302 g/mol. The van der Waals surface area contributed by atoms with Crippen LogP contribution in [0, 0.1) is 0 Å². The molecule has 1 saturated heterocycles. The van der Waals surface area contributed by atoms with Gasteiger partial charge in [0.05, 0.1) is 11.5 Å². The molecule has 0 aliphatic carbocycles. The van der Waals surface area contributed by atoms with E-state index in [0.717, 1.165) is 5.56 Å². The van der Waals surface area contributed by atoms with Crippen molar-refractivity contribution in [3.8, 4) is 0 Å². The van der Waals surface area contributed by atoms with Crippen molar-refractivity contribution in [3.63, 3.8) is 0 Å². The summed E-state index contributed by atoms with van der Waals surface area (Å²) in [7, 11) is -2.85. The Morgan fingerprint density at radius 3 is 2.50 bits per heavy atom. The highest BCUT2D eigenvalue weighted by Crippen LogP contribution is 2.12. The molecule has 1 aromatic carbocycles. The molecule has 122 valence electrons. The van der Waals surface area contributed by atoms with Gasteiger partial charge in [-0.25, -0.2) is 8.42 Å². The Morgan fingerprint density at radius 2 is 1.86 bits per heavy atom. The van der Waals surface area contributed by atoms with Crippen molar-refractivity contribution in [2.45, 2.75) is 12.5 Å². The van der Waals surface area contributed by atoms with Crippen LogP contribution in [0.4, 0.5) is 0 Å². The third kappa shape index (κ3) is 5.40. The van der Waals surface area contributed by atoms with Gasteiger partial charge in [-0.15, -0.1) is 0 Å². The van der Waals surface area contributed by atoms with Crippen molar-refractivity contribution in [2.24, 2.45) is 5.73 Å². The second-order valence-electron chi connectivity index (χ2n) is 5.56. The molecule has 1 fully saturated rings. The molecule has 2 rings (SSSR count). The zero-order valence-electron chi connectivity index (χ0n) is 12.6. The quantitative estimate of drug-likeness (QED) is 0.763. The summed E-state index contributed by atoms with van der Waals surface area (Å²) >= 11 is 0. The average Bonchev–Trinajstić information content (AvgIpc) is 2.50. The van der Waals surface area contributed by atoms with Crippen molar-refractivity contribution in [2.75, 3.05) is 37.7 Å². The highest BCUT2D eigenvalue weighted by molar-refractivity contribution is 7.91. The summed E-state index contributed by atoms with van der Waals surface area (Å²) in [5.41, 5.74) is 6.95. The minimum Gasteiger partial charge on any atom is -0.355 e. The second-order valence-corrected chi connectivity index (χ2v) is 7.87. The Morgan fingerprint density at radius 1 is 1.23 bits per heavy atom. The lowest BCUT2D eigenvalue weighted by molar-refractivity contribution is -0.121. The van der Waals surface area contributed by atoms with Crippen LogP contribution in [-0.4, -0.2) is 56.9 Å². The third-order valence-corrected chi connectivity index (χ3v) is 5.43. The summed E-state index contributed by atoms with van der Waals surface area (Å²) in [6.45, 7) is 2.27. The Kier molecular flexibility index (Phi) is 5.93. The number of nitrogens with two attached hydrogens (primary N) is 1. The molecule has 1 aliphatic heterocycles. The molecular formula is C15H23N3O3S. The van der Waals surface area contributed by atoms with Gasteiger partial charge in [-0.3, -0.25) is 9.69 Å². The van der Waals surface area contributed by atoms with Crippen LogP contribution in [0.5, 0.6) is 0 Å². The van der Waals surface area contributed by atoms with Crippen LogP contribution in [0.25, 0.3) is 0 Å². The number of hydrogen-bond acceptors (Lipinski definition) is 5. The Labute approximate surface area is 131 Å². The standard InChI is InChI=1S/C15H23N3O3S/c16-14(13-4-2-1-3-5-13)12-15(19)17-6-7-18-8-10-22(20,21)11-9-18/h1-5,14H,6-12,16H2,(H,17,19). The van der Waals surface area contributed by atoms with Gasteiger partial charge in [-0.05, 0) is 5.56 Å². The van der Waals surface area contributed by atoms with Crippen LogP contribution >= 0.6 is 0 Å². The largest absolute Gasteiger partial charge is 0.355 e. The van der Waals surface area contributed by atoms with Gasteiger partial charge in [0.15, 0.2) is 9.84 Å². The number of benzene rings is 1. The van der Waals surface area contributed by atoms with Crippen molar-refractivity contribution in [3.05, 3.63) is 35.9 Å². The monoisotopic (exact) mass is 325 g/mol. The summed E-state index contributed by atoms with van der Waals surface area (Å²) in [5, 5.41) is 2.84. The molecule has 1 unspecified atom stereocenters. The maximum atomic E-state index is 11.9. The van der Waals surface area contributed by atoms with E-state index in [0.29, 0.717) is 26.2 Å². The number of rotatable bonds is 6. The normalized spacial score (nSPS) is 19.5. The molecule has 0 spiro atoms. The molecule has 6 nitrogen and oxygen atoms in total. The van der Waals surface area contributed by atoms with E-state index in [9.17, 15) is 13.2 Å². The van der Waals surface area contributed by atoms with Gasteiger partial charge in [-0.2, -0.15) is 0 Å². The van der Waals surface area contributed by atoms with Crippen LogP contribution in [-0.2, 0) is 14.6 Å². The Bertz CT molecular complexity index is 575. The van der Waals surface area contributed by atoms with Gasteiger partial charge in [0, 0.05) is 38.6 Å². The van der Waals surface area contributed by atoms with Crippen LogP contribution in [0.15, 0.2) is 30.3 Å². The fourth-order valence-corrected chi connectivity index (χ4v) is 3.69. The third-order valence-electron chi connectivity index (χ3n) is 3.82. The van der Waals surface area contributed by atoms with Crippen molar-refractivity contribution < 1.29 is 13.2 Å². The predicted octanol–water partition coefficient (Wildman–Crippen LogP) is -0.0769. The Balaban J connectivity index is 1.66. The summed E-state index contributed by atoms with van der Waals surface area (Å²) < 4.78 is 22.6. The van der Waals surface area contributed by atoms with E-state index in [1.54, 1.807) is 0 Å². The summed E-state index contributed by atoms with van der Waals surface area (Å²) in [6.07, 6.45) is 0.248. The molecule has 1 aliphatic rings. The van der Waals surface area contributed by atoms with E-state index in [2.05, 4.69) is 10.2 Å². The van der Waals surface area contributed by atoms with Gasteiger partial charge < -0.3 is 11.1 Å². The summed E-state index contributed by atoms with van der Waals surface area (Å²) in [5.74, 6) is 0.334. The highest BCUT2D eigenvalue weighted by atomic mass is 32.2. The number of carbonyl (C=O) groups is 1. The lowest BCUT2D eigenvalue weighted by Gasteiger charge is -2.26. The lowest BCUT2D eigenvalue weighted by atomic mass is 10.0. The van der Waals surface area contributed by atoms with Gasteiger partial charge in [0.2, 0.25) is 5.91 Å². The van der Waals surface area contributed by atoms with Crippen LogP contribution in [0.3, 0.4) is 0 Å². The molecule has 1 aromatic rings. The Hall–Kier alpha value is -1.44. The first-order valence-electron chi connectivity index (χ1n) is 7.46. The van der Waals surface area contributed by atoms with Crippen molar-refractivity contribution in [1.82, 2.24) is 10.2 Å². The fraction of sp³-hybridized carbons (Fsp3) is 0.533. The zero-order valence-corrected chi connectivity index (χ0v) is 13.4. The van der Waals surface area contributed by atoms with E-state index in [-0.39, 0.29) is 29.9 Å². The molecule has 0 bridgehead atoms. The van der Waals surface area contributed by atoms with Crippen molar-refractivity contribution in [1.29, 1.82) is 0 Å². The van der Waals surface area contributed by atoms with Gasteiger partial charge in [-0.1, -0.05) is 30.3 Å². The van der Waals surface area contributed by atoms with Crippen LogP contribution in [0.1, 0.15) is 18.0 Å². The first-order valence-corrected chi connectivity index (χ1v) is 9.28. The molecule has 1 amide bonds. The molecule has 22 heavy (non-hydrogen) atoms. The predicted molar refractivity (Wildman–Crippen MR) is 86.1 cm³/mol. The molecule has 0 saturated carbocycles.